The monoisotopic (exact) mass is 535 g/mol. The first-order valence-corrected chi connectivity index (χ1v) is 12.5. The molecule has 0 radical (unpaired) electrons. The minimum atomic E-state index is -0.135. The predicted octanol–water partition coefficient (Wildman–Crippen LogP) is 2.88. The van der Waals surface area contributed by atoms with Crippen LogP contribution in [0.15, 0.2) is 77.7 Å². The third-order valence-electron chi connectivity index (χ3n) is 6.18. The molecule has 3 heterocycles. The number of aldehydes is 1. The average molecular weight is 536 g/mol. The van der Waals surface area contributed by atoms with E-state index in [1.165, 1.54) is 11.4 Å². The van der Waals surface area contributed by atoms with E-state index < -0.39 is 0 Å². The Hall–Kier alpha value is -5.27. The van der Waals surface area contributed by atoms with Crippen LogP contribution in [0.2, 0.25) is 0 Å². The highest BCUT2D eigenvalue weighted by molar-refractivity contribution is 5.88. The lowest BCUT2D eigenvalue weighted by Crippen LogP contribution is -2.27. The number of hydrogen-bond acceptors (Lipinski definition) is 7. The molecule has 1 atom stereocenters. The molecule has 0 fully saturated rings. The number of nitrogens with two attached hydrogens (primary N) is 1. The number of aromatic nitrogens is 4. The molecule has 5 aromatic rings. The summed E-state index contributed by atoms with van der Waals surface area (Å²) in [6, 6.07) is 20.7. The fourth-order valence-corrected chi connectivity index (χ4v) is 4.14. The summed E-state index contributed by atoms with van der Waals surface area (Å²) in [5.74, 6) is 6.03. The van der Waals surface area contributed by atoms with Crippen LogP contribution in [0.4, 0.5) is 5.82 Å². The Bertz CT molecular complexity index is 1800. The molecule has 5 rings (SSSR count). The summed E-state index contributed by atoms with van der Waals surface area (Å²) < 4.78 is 3.14. The van der Waals surface area contributed by atoms with E-state index in [1.807, 2.05) is 68.6 Å². The van der Waals surface area contributed by atoms with Gasteiger partial charge in [-0.15, -0.1) is 0 Å². The summed E-state index contributed by atoms with van der Waals surface area (Å²) in [5, 5.41) is 11.2. The number of nitrogens with zero attached hydrogens (tertiary/aromatic N) is 4. The van der Waals surface area contributed by atoms with Gasteiger partial charge < -0.3 is 16.4 Å². The van der Waals surface area contributed by atoms with Crippen LogP contribution in [0.3, 0.4) is 0 Å². The Kier molecular flexibility index (Phi) is 8.69. The number of amides is 1. The number of hydrogen-bond donors (Lipinski definition) is 3. The van der Waals surface area contributed by atoms with Gasteiger partial charge in [0.05, 0.1) is 11.9 Å². The highest BCUT2D eigenvalue weighted by Crippen LogP contribution is 2.22. The number of pyridine rings is 1. The van der Waals surface area contributed by atoms with Crippen molar-refractivity contribution in [1.82, 2.24) is 29.8 Å². The van der Waals surface area contributed by atoms with Crippen LogP contribution in [0.1, 0.15) is 41.6 Å². The second-order valence-corrected chi connectivity index (χ2v) is 8.83. The van der Waals surface area contributed by atoms with Gasteiger partial charge in [0.25, 0.3) is 5.56 Å². The third kappa shape index (κ3) is 5.90. The maximum atomic E-state index is 13.5. The molecule has 1 unspecified atom stereocenters. The topological polar surface area (TPSA) is 136 Å². The van der Waals surface area contributed by atoms with Crippen LogP contribution < -0.4 is 21.9 Å². The highest BCUT2D eigenvalue weighted by Gasteiger charge is 2.16. The van der Waals surface area contributed by atoms with Crippen molar-refractivity contribution >= 4 is 34.4 Å². The number of carbonyl (C=O) groups is 2. The molecule has 3 aromatic heterocycles. The van der Waals surface area contributed by atoms with Gasteiger partial charge in [0.2, 0.25) is 5.91 Å². The maximum Gasteiger partial charge on any atom is 0.264 e. The van der Waals surface area contributed by atoms with Crippen LogP contribution in [-0.4, -0.2) is 45.0 Å². The molecule has 0 bridgehead atoms. The smallest absolute Gasteiger partial charge is 0.264 e. The van der Waals surface area contributed by atoms with E-state index in [-0.39, 0.29) is 29.9 Å². The molecular formula is C30H29N7O3. The highest BCUT2D eigenvalue weighted by atomic mass is 16.1. The summed E-state index contributed by atoms with van der Waals surface area (Å²) in [4.78, 5) is 39.0. The van der Waals surface area contributed by atoms with Crippen LogP contribution in [0.5, 0.6) is 0 Å². The molecule has 10 heteroatoms. The lowest BCUT2D eigenvalue weighted by molar-refractivity contribution is -0.118. The van der Waals surface area contributed by atoms with Crippen molar-refractivity contribution in [2.24, 2.45) is 0 Å². The number of anilines is 1. The molecule has 2 aromatic carbocycles. The van der Waals surface area contributed by atoms with Crippen molar-refractivity contribution in [3.05, 3.63) is 100 Å². The van der Waals surface area contributed by atoms with Crippen molar-refractivity contribution in [2.75, 3.05) is 19.3 Å². The molecule has 40 heavy (non-hydrogen) atoms. The molecule has 202 valence electrons. The second kappa shape index (κ2) is 12.5. The largest absolute Gasteiger partial charge is 0.382 e. The van der Waals surface area contributed by atoms with Crippen molar-refractivity contribution in [3.8, 4) is 17.5 Å². The van der Waals surface area contributed by atoms with Crippen molar-refractivity contribution in [3.63, 3.8) is 0 Å². The zero-order valence-corrected chi connectivity index (χ0v) is 22.4. The quantitative estimate of drug-likeness (QED) is 0.233. The first-order valence-electron chi connectivity index (χ1n) is 12.5. The minimum absolute atomic E-state index is 0.00758. The zero-order chi connectivity index (χ0) is 28.6. The van der Waals surface area contributed by atoms with Crippen LogP contribution in [-0.2, 0) is 4.79 Å². The van der Waals surface area contributed by atoms with Crippen molar-refractivity contribution < 1.29 is 9.59 Å². The summed E-state index contributed by atoms with van der Waals surface area (Å²) in [6.07, 6.45) is 2.21. The molecule has 10 nitrogen and oxygen atoms in total. The van der Waals surface area contributed by atoms with E-state index in [9.17, 15) is 14.4 Å². The fraction of sp³-hybridized carbons (Fsp3) is 0.167. The van der Waals surface area contributed by atoms with Gasteiger partial charge in [-0.3, -0.25) is 19.0 Å². The third-order valence-corrected chi connectivity index (χ3v) is 6.18. The van der Waals surface area contributed by atoms with Gasteiger partial charge in [-0.1, -0.05) is 42.2 Å². The molecule has 0 aliphatic carbocycles. The number of fused-ring (bicyclic) bond motifs is 2. The number of rotatable bonds is 5. The SMILES string of the molecule is CNC(C)c1cc2cccc(C#CCNC(C)=O)c2c(=O)n1-c1ccccc1.Nc1nc2cccnn2c1C=O. The van der Waals surface area contributed by atoms with E-state index in [4.69, 9.17) is 5.73 Å². The van der Waals surface area contributed by atoms with Gasteiger partial charge in [0.15, 0.2) is 17.8 Å². The summed E-state index contributed by atoms with van der Waals surface area (Å²) in [7, 11) is 1.87. The molecule has 4 N–H and O–H groups in total. The first kappa shape index (κ1) is 27.8. The summed E-state index contributed by atoms with van der Waals surface area (Å²) in [6.45, 7) is 3.72. The number of benzene rings is 2. The zero-order valence-electron chi connectivity index (χ0n) is 22.4. The van der Waals surface area contributed by atoms with E-state index in [0.717, 1.165) is 16.8 Å². The molecule has 1 amide bonds. The Labute approximate surface area is 230 Å². The number of imidazole rings is 1. The molecule has 0 aliphatic heterocycles. The lowest BCUT2D eigenvalue weighted by atomic mass is 10.0. The van der Waals surface area contributed by atoms with Gasteiger partial charge in [-0.05, 0) is 55.8 Å². The van der Waals surface area contributed by atoms with Crippen molar-refractivity contribution in [2.45, 2.75) is 19.9 Å². The Morgan fingerprint density at radius 3 is 2.60 bits per heavy atom. The fourth-order valence-electron chi connectivity index (χ4n) is 4.14. The van der Waals surface area contributed by atoms with Gasteiger partial charge in [0, 0.05) is 36.1 Å². The molecule has 0 aliphatic rings. The molecular weight excluding hydrogens is 506 g/mol. The molecule has 0 saturated carbocycles. The Morgan fingerprint density at radius 1 is 1.12 bits per heavy atom. The predicted molar refractivity (Wildman–Crippen MR) is 155 cm³/mol. The first-order chi connectivity index (χ1) is 19.3. The Morgan fingerprint density at radius 2 is 1.90 bits per heavy atom. The number of nitrogen functional groups attached to an aromatic ring is 1. The minimum Gasteiger partial charge on any atom is -0.382 e. The normalized spacial score (nSPS) is 11.2. The van der Waals surface area contributed by atoms with Gasteiger partial charge >= 0.3 is 0 Å². The summed E-state index contributed by atoms with van der Waals surface area (Å²) in [5.41, 5.74) is 8.58. The van der Waals surface area contributed by atoms with Crippen LogP contribution in [0, 0.1) is 11.8 Å². The lowest BCUT2D eigenvalue weighted by Gasteiger charge is -2.19. The van der Waals surface area contributed by atoms with Gasteiger partial charge in [0.1, 0.15) is 5.69 Å². The average Bonchev–Trinajstić information content (AvgIpc) is 3.30. The maximum absolute atomic E-state index is 13.5. The van der Waals surface area contributed by atoms with Gasteiger partial charge in [-0.25, -0.2) is 9.50 Å². The second-order valence-electron chi connectivity index (χ2n) is 8.83. The number of para-hydroxylation sites is 1. The van der Waals surface area contributed by atoms with Gasteiger partial charge in [-0.2, -0.15) is 5.10 Å². The standard InChI is InChI=1S/C23H23N3O2.C7H6N4O/c1-16(24-3)21-15-19-10-7-9-18(11-8-14-25-17(2)27)22(19)23(28)26(21)20-12-5-4-6-13-20;8-7-5(4-12)11-6(10-7)2-1-3-9-11/h4-7,9-10,12-13,15-16,24H,14H2,1-3H3,(H,25,27);1-4H,8H2. The van der Waals surface area contributed by atoms with E-state index in [1.54, 1.807) is 22.9 Å². The van der Waals surface area contributed by atoms with E-state index >= 15 is 0 Å². The van der Waals surface area contributed by atoms with E-state index in [0.29, 0.717) is 28.6 Å². The number of nitrogens with one attached hydrogen (secondary N) is 2. The molecule has 0 spiro atoms. The number of carbonyl (C=O) groups excluding carboxylic acids is 2. The summed E-state index contributed by atoms with van der Waals surface area (Å²) >= 11 is 0. The molecule has 0 saturated heterocycles. The van der Waals surface area contributed by atoms with E-state index in [2.05, 4.69) is 32.6 Å². The van der Waals surface area contributed by atoms with Crippen LogP contribution in [0.25, 0.3) is 22.1 Å². The van der Waals surface area contributed by atoms with Crippen LogP contribution >= 0.6 is 0 Å². The Balaban J connectivity index is 0.000000255. The van der Waals surface area contributed by atoms with Crippen molar-refractivity contribution in [1.29, 1.82) is 0 Å².